The average molecular weight is 1050 g/mol. The van der Waals surface area contributed by atoms with E-state index in [1.54, 1.807) is 36.7 Å². The van der Waals surface area contributed by atoms with Crippen LogP contribution in [0.1, 0.15) is 127 Å². The number of likely N-dealkylation sites (tertiary alicyclic amines) is 2. The largest absolute Gasteiger partial charge is 0.482 e. The van der Waals surface area contributed by atoms with Crippen LogP contribution in [0.2, 0.25) is 10.0 Å². The lowest BCUT2D eigenvalue weighted by Crippen LogP contribution is -2.57. The van der Waals surface area contributed by atoms with Gasteiger partial charge in [0, 0.05) is 79.5 Å². The number of nitrogen functional groups attached to an aromatic ring is 1. The second-order valence-corrected chi connectivity index (χ2v) is 21.7. The van der Waals surface area contributed by atoms with Gasteiger partial charge in [-0.25, -0.2) is 14.4 Å². The molecule has 7 rings (SSSR count). The van der Waals surface area contributed by atoms with E-state index in [0.717, 1.165) is 77.8 Å². The maximum Gasteiger partial charge on any atom is 0.246 e. The number of pyridine rings is 1. The molecule has 386 valence electrons. The van der Waals surface area contributed by atoms with Crippen molar-refractivity contribution in [3.8, 4) is 27.3 Å². The maximum atomic E-state index is 14.2. The zero-order valence-corrected chi connectivity index (χ0v) is 44.0. The number of benzene rings is 2. The minimum Gasteiger partial charge on any atom is -0.482 e. The Kier molecular flexibility index (Phi) is 18.4. The summed E-state index contributed by atoms with van der Waals surface area (Å²) < 4.78 is 22.2. The van der Waals surface area contributed by atoms with Crippen molar-refractivity contribution in [1.82, 2.24) is 40.2 Å². The second kappa shape index (κ2) is 24.4. The highest BCUT2D eigenvalue weighted by atomic mass is 35.5. The van der Waals surface area contributed by atoms with Crippen molar-refractivity contribution in [3.63, 3.8) is 0 Å². The van der Waals surface area contributed by atoms with Crippen LogP contribution in [0.25, 0.3) is 21.6 Å². The molecule has 0 bridgehead atoms. The first kappa shape index (κ1) is 54.2. The average Bonchev–Trinajstić information content (AvgIpc) is 4.13. The molecule has 2 aromatic carbocycles. The number of carbonyl (C=O) groups excluding carboxylic acids is 4. The van der Waals surface area contributed by atoms with E-state index < -0.39 is 35.5 Å². The molecule has 19 heteroatoms. The minimum absolute atomic E-state index is 0.0146. The molecule has 2 aliphatic rings. The van der Waals surface area contributed by atoms with Gasteiger partial charge in [-0.3, -0.25) is 23.9 Å². The van der Waals surface area contributed by atoms with Gasteiger partial charge in [0.2, 0.25) is 23.6 Å². The van der Waals surface area contributed by atoms with Crippen molar-refractivity contribution in [3.05, 3.63) is 99.2 Å². The topological polar surface area (TPSA) is 198 Å². The highest BCUT2D eigenvalue weighted by Gasteiger charge is 2.44. The molecule has 0 aliphatic carbocycles. The number of aromatic nitrogens is 4. The standard InChI is InChI=1S/C53H66Cl2FN9O6S/c1-32-48(72-31-60-32)35-16-14-34(15-17-35)26-59-51(69)42-25-39(66)30-64(42)52(70)49(53(3,4)5)62-44(67)12-10-8-6-7-9-11-13-45(68)63-22-20-38(21-23-63)65-29-37(28-61-65)36-24-43(50(57)58-27-36)71-33(2)46-40(54)18-19-41(56)47(46)55/h14-19,24,27-29,31,33,38-39,42,49,66H,6-13,20-23,25-26,30H2,1-5H3,(H2,57,58)(H,59,69)(H,62,67)/t33-,39-,42+,49-/m1/s1. The number of ether oxygens (including phenoxy) is 1. The molecule has 3 aromatic heterocycles. The minimum atomic E-state index is -0.878. The molecule has 0 spiro atoms. The van der Waals surface area contributed by atoms with Crippen molar-refractivity contribution >= 4 is 64.0 Å². The van der Waals surface area contributed by atoms with E-state index in [2.05, 4.69) is 25.7 Å². The van der Waals surface area contributed by atoms with Crippen molar-refractivity contribution in [1.29, 1.82) is 0 Å². The lowest BCUT2D eigenvalue weighted by molar-refractivity contribution is -0.144. The summed E-state index contributed by atoms with van der Waals surface area (Å²) in [6.07, 6.45) is 11.3. The number of nitrogens with one attached hydrogen (secondary N) is 2. The number of aryl methyl sites for hydroxylation is 1. The molecule has 5 N–H and O–H groups in total. The summed E-state index contributed by atoms with van der Waals surface area (Å²) in [6, 6.07) is 10.7. The third kappa shape index (κ3) is 13.7. The van der Waals surface area contributed by atoms with Gasteiger partial charge in [0.25, 0.3) is 0 Å². The fourth-order valence-electron chi connectivity index (χ4n) is 9.38. The van der Waals surface area contributed by atoms with Gasteiger partial charge in [-0.1, -0.05) is 93.9 Å². The van der Waals surface area contributed by atoms with E-state index in [1.165, 1.54) is 17.0 Å². The van der Waals surface area contributed by atoms with E-state index in [1.807, 2.05) is 73.2 Å². The molecular formula is C53H66Cl2FN9O6S. The van der Waals surface area contributed by atoms with Crippen molar-refractivity contribution in [2.24, 2.45) is 5.41 Å². The number of unbranched alkanes of at least 4 members (excludes halogenated alkanes) is 5. The molecule has 0 unspecified atom stereocenters. The van der Waals surface area contributed by atoms with Crippen LogP contribution in [0.5, 0.6) is 5.75 Å². The first-order chi connectivity index (χ1) is 34.4. The Morgan fingerprint density at radius 3 is 2.32 bits per heavy atom. The third-order valence-electron chi connectivity index (χ3n) is 13.6. The van der Waals surface area contributed by atoms with Crippen LogP contribution >= 0.6 is 34.5 Å². The van der Waals surface area contributed by atoms with Gasteiger partial charge in [-0.2, -0.15) is 5.10 Å². The van der Waals surface area contributed by atoms with Crippen LogP contribution in [0.15, 0.2) is 66.6 Å². The molecule has 2 fully saturated rings. The number of nitrogens with two attached hydrogens (primary N) is 1. The molecule has 4 atom stereocenters. The van der Waals surface area contributed by atoms with Gasteiger partial charge in [0.15, 0.2) is 11.6 Å². The Morgan fingerprint density at radius 1 is 0.944 bits per heavy atom. The van der Waals surface area contributed by atoms with Gasteiger partial charge in [-0.15, -0.1) is 11.3 Å². The molecule has 0 saturated carbocycles. The molecule has 2 saturated heterocycles. The number of thiazole rings is 1. The Bertz CT molecular complexity index is 2690. The SMILES string of the molecule is Cc1ncsc1-c1ccc(CNC(=O)[C@@H]2C[C@@H](O)CN2C(=O)[C@@H](NC(=O)CCCCCCCCC(=O)N2CCC(n3cc(-c4cnc(N)c(O[C@H](C)c5c(Cl)ccc(F)c5Cl)c4)cn3)CC2)C(C)(C)C)cc1. The number of rotatable bonds is 20. The van der Waals surface area contributed by atoms with E-state index in [4.69, 9.17) is 33.7 Å². The second-order valence-electron chi connectivity index (χ2n) is 20.0. The first-order valence-corrected chi connectivity index (χ1v) is 26.4. The van der Waals surface area contributed by atoms with Gasteiger partial charge < -0.3 is 36.0 Å². The molecule has 5 heterocycles. The predicted octanol–water partition coefficient (Wildman–Crippen LogP) is 9.64. The molecule has 15 nitrogen and oxygen atoms in total. The predicted molar refractivity (Wildman–Crippen MR) is 279 cm³/mol. The number of anilines is 1. The monoisotopic (exact) mass is 1050 g/mol. The number of carbonyl (C=O) groups is 4. The van der Waals surface area contributed by atoms with E-state index >= 15 is 0 Å². The number of nitrogens with zero attached hydrogens (tertiary/aromatic N) is 6. The summed E-state index contributed by atoms with van der Waals surface area (Å²) >= 11 is 14.1. The van der Waals surface area contributed by atoms with Crippen LogP contribution in [-0.4, -0.2) is 96.1 Å². The highest BCUT2D eigenvalue weighted by molar-refractivity contribution is 7.13. The van der Waals surface area contributed by atoms with Crippen molar-refractivity contribution < 1.29 is 33.4 Å². The summed E-state index contributed by atoms with van der Waals surface area (Å²) in [6.45, 7) is 10.9. The molecule has 4 amide bonds. The quantitative estimate of drug-likeness (QED) is 0.0430. The van der Waals surface area contributed by atoms with Crippen LogP contribution in [0, 0.1) is 18.2 Å². The summed E-state index contributed by atoms with van der Waals surface area (Å²) in [4.78, 5) is 67.0. The highest BCUT2D eigenvalue weighted by Crippen LogP contribution is 2.38. The van der Waals surface area contributed by atoms with Crippen molar-refractivity contribution in [2.75, 3.05) is 25.4 Å². The number of halogens is 3. The van der Waals surface area contributed by atoms with Gasteiger partial charge in [0.05, 0.1) is 39.4 Å². The fourth-order valence-corrected chi connectivity index (χ4v) is 10.9. The molecule has 72 heavy (non-hydrogen) atoms. The number of hydrogen-bond donors (Lipinski definition) is 4. The Hall–Kier alpha value is -5.62. The zero-order chi connectivity index (χ0) is 51.7. The lowest BCUT2D eigenvalue weighted by Gasteiger charge is -2.35. The molecule has 2 aliphatic heterocycles. The van der Waals surface area contributed by atoms with Crippen LogP contribution in [0.3, 0.4) is 0 Å². The summed E-state index contributed by atoms with van der Waals surface area (Å²) in [5.41, 5.74) is 12.1. The molecule has 5 aromatic rings. The Labute approximate surface area is 435 Å². The summed E-state index contributed by atoms with van der Waals surface area (Å²) in [7, 11) is 0. The van der Waals surface area contributed by atoms with Crippen LogP contribution in [0.4, 0.5) is 10.2 Å². The van der Waals surface area contributed by atoms with Gasteiger partial charge >= 0.3 is 0 Å². The summed E-state index contributed by atoms with van der Waals surface area (Å²) in [5, 5.41) is 21.3. The number of β-amino-alcohol motifs (C(OH)–C–C–N with tert-alkyl or cyclic N) is 1. The maximum absolute atomic E-state index is 14.2. The van der Waals surface area contributed by atoms with E-state index in [0.29, 0.717) is 37.2 Å². The van der Waals surface area contributed by atoms with E-state index in [9.17, 15) is 28.7 Å². The zero-order valence-electron chi connectivity index (χ0n) is 41.6. The number of hydrogen-bond acceptors (Lipinski definition) is 11. The van der Waals surface area contributed by atoms with Gasteiger partial charge in [0.1, 0.15) is 24.0 Å². The normalized spacial score (nSPS) is 17.2. The Balaban J connectivity index is 0.780. The van der Waals surface area contributed by atoms with Crippen molar-refractivity contribution in [2.45, 2.75) is 142 Å². The summed E-state index contributed by atoms with van der Waals surface area (Å²) in [5.74, 6) is -0.935. The molecule has 0 radical (unpaired) electrons. The van der Waals surface area contributed by atoms with E-state index in [-0.39, 0.29) is 71.5 Å². The lowest BCUT2D eigenvalue weighted by atomic mass is 9.85. The third-order valence-corrected chi connectivity index (χ3v) is 15.2. The number of amides is 4. The first-order valence-electron chi connectivity index (χ1n) is 24.8. The smallest absolute Gasteiger partial charge is 0.246 e. The van der Waals surface area contributed by atoms with Crippen LogP contribution < -0.4 is 21.1 Å². The number of aliphatic hydroxyl groups is 1. The van der Waals surface area contributed by atoms with Gasteiger partial charge in [-0.05, 0) is 74.3 Å². The fraction of sp³-hybridized carbons (Fsp3) is 0.491. The Morgan fingerprint density at radius 2 is 1.64 bits per heavy atom. The van der Waals surface area contributed by atoms with Crippen LogP contribution in [-0.2, 0) is 25.7 Å². The molecular weight excluding hydrogens is 981 g/mol. The number of aliphatic hydroxyl groups excluding tert-OH is 1. The number of piperidine rings is 1.